The van der Waals surface area contributed by atoms with Gasteiger partial charge in [-0.2, -0.15) is 0 Å². The zero-order chi connectivity index (χ0) is 11.4. The van der Waals surface area contributed by atoms with Crippen LogP contribution in [0.4, 0.5) is 0 Å². The molecule has 0 aromatic carbocycles. The van der Waals surface area contributed by atoms with Crippen molar-refractivity contribution in [2.45, 2.75) is 13.5 Å². The van der Waals surface area contributed by atoms with Crippen LogP contribution < -0.4 is 10.9 Å². The van der Waals surface area contributed by atoms with E-state index >= 15 is 0 Å². The molecule has 88 valence electrons. The van der Waals surface area contributed by atoms with Gasteiger partial charge in [0.2, 0.25) is 0 Å². The monoisotopic (exact) mass is 221 g/mol. The molecule has 0 saturated carbocycles. The summed E-state index contributed by atoms with van der Waals surface area (Å²) in [5, 5.41) is 3.32. The van der Waals surface area contributed by atoms with Gasteiger partial charge in [-0.25, -0.2) is 0 Å². The molecule has 1 fully saturated rings. The van der Waals surface area contributed by atoms with E-state index in [4.69, 9.17) is 0 Å². The van der Waals surface area contributed by atoms with Crippen LogP contribution in [-0.2, 0) is 6.54 Å². The van der Waals surface area contributed by atoms with Crippen LogP contribution in [-0.4, -0.2) is 42.2 Å². The Morgan fingerprint density at radius 2 is 2.06 bits per heavy atom. The minimum atomic E-state index is 0.137. The summed E-state index contributed by atoms with van der Waals surface area (Å²) in [6.07, 6.45) is 1.87. The van der Waals surface area contributed by atoms with E-state index in [1.54, 1.807) is 4.57 Å². The van der Waals surface area contributed by atoms with E-state index in [0.29, 0.717) is 0 Å². The smallest absolute Gasteiger partial charge is 0.253 e. The average Bonchev–Trinajstić information content (AvgIpc) is 2.32. The second-order valence-electron chi connectivity index (χ2n) is 4.28. The van der Waals surface area contributed by atoms with Crippen LogP contribution >= 0.6 is 0 Å². The summed E-state index contributed by atoms with van der Waals surface area (Å²) in [4.78, 5) is 14.2. The number of rotatable bonds is 3. The van der Waals surface area contributed by atoms with Crippen LogP contribution in [0, 0.1) is 6.92 Å². The van der Waals surface area contributed by atoms with E-state index in [2.05, 4.69) is 10.2 Å². The number of aromatic nitrogens is 1. The number of nitrogens with zero attached hydrogens (tertiary/aromatic N) is 2. The van der Waals surface area contributed by atoms with Crippen molar-refractivity contribution >= 4 is 0 Å². The molecular formula is C12H19N3O. The fourth-order valence-corrected chi connectivity index (χ4v) is 2.02. The van der Waals surface area contributed by atoms with Crippen LogP contribution in [0.5, 0.6) is 0 Å². The Hall–Kier alpha value is -1.13. The minimum absolute atomic E-state index is 0.137. The highest BCUT2D eigenvalue weighted by Gasteiger charge is 2.09. The molecule has 1 aromatic rings. The quantitative estimate of drug-likeness (QED) is 0.784. The molecule has 16 heavy (non-hydrogen) atoms. The SMILES string of the molecule is Cc1cccn(CCN2CCNCC2)c1=O. The Kier molecular flexibility index (Phi) is 3.74. The number of pyridine rings is 1. The molecular weight excluding hydrogens is 202 g/mol. The lowest BCUT2D eigenvalue weighted by Gasteiger charge is -2.27. The maximum absolute atomic E-state index is 11.8. The van der Waals surface area contributed by atoms with Crippen molar-refractivity contribution in [1.29, 1.82) is 0 Å². The first kappa shape index (κ1) is 11.4. The van der Waals surface area contributed by atoms with Crippen LogP contribution in [0.1, 0.15) is 5.56 Å². The molecule has 0 aliphatic carbocycles. The lowest BCUT2D eigenvalue weighted by atomic mass is 10.3. The third kappa shape index (κ3) is 2.71. The van der Waals surface area contributed by atoms with Crippen molar-refractivity contribution in [3.8, 4) is 0 Å². The van der Waals surface area contributed by atoms with Crippen molar-refractivity contribution < 1.29 is 0 Å². The predicted molar refractivity (Wildman–Crippen MR) is 64.7 cm³/mol. The van der Waals surface area contributed by atoms with Gasteiger partial charge in [0, 0.05) is 51.0 Å². The number of aryl methyl sites for hydroxylation is 1. The molecule has 1 aliphatic rings. The maximum atomic E-state index is 11.8. The summed E-state index contributed by atoms with van der Waals surface area (Å²) in [6.45, 7) is 7.90. The predicted octanol–water partition coefficient (Wildman–Crippen LogP) is 0.0619. The summed E-state index contributed by atoms with van der Waals surface area (Å²) < 4.78 is 1.80. The van der Waals surface area contributed by atoms with Crippen LogP contribution in [0.3, 0.4) is 0 Å². The van der Waals surface area contributed by atoms with Crippen LogP contribution in [0.2, 0.25) is 0 Å². The fourth-order valence-electron chi connectivity index (χ4n) is 2.02. The number of nitrogens with one attached hydrogen (secondary N) is 1. The van der Waals surface area contributed by atoms with Gasteiger partial charge in [0.25, 0.3) is 5.56 Å². The van der Waals surface area contributed by atoms with Crippen molar-refractivity contribution in [3.05, 3.63) is 34.2 Å². The highest BCUT2D eigenvalue weighted by molar-refractivity contribution is 5.07. The Bertz CT molecular complexity index is 393. The number of piperazine rings is 1. The second kappa shape index (κ2) is 5.27. The molecule has 1 aliphatic heterocycles. The summed E-state index contributed by atoms with van der Waals surface area (Å²) in [7, 11) is 0. The molecule has 1 saturated heterocycles. The summed E-state index contributed by atoms with van der Waals surface area (Å²) in [5.74, 6) is 0. The molecule has 1 aromatic heterocycles. The van der Waals surface area contributed by atoms with Gasteiger partial charge >= 0.3 is 0 Å². The minimum Gasteiger partial charge on any atom is -0.314 e. The van der Waals surface area contributed by atoms with E-state index in [1.807, 2.05) is 25.3 Å². The molecule has 2 rings (SSSR count). The molecule has 0 bridgehead atoms. The first-order valence-electron chi connectivity index (χ1n) is 5.86. The summed E-state index contributed by atoms with van der Waals surface area (Å²) in [6, 6.07) is 3.80. The normalized spacial score (nSPS) is 17.6. The molecule has 4 heteroatoms. The third-order valence-corrected chi connectivity index (χ3v) is 3.08. The molecule has 0 amide bonds. The zero-order valence-corrected chi connectivity index (χ0v) is 9.78. The van der Waals surface area contributed by atoms with Crippen molar-refractivity contribution in [2.24, 2.45) is 0 Å². The van der Waals surface area contributed by atoms with Crippen LogP contribution in [0.25, 0.3) is 0 Å². The van der Waals surface area contributed by atoms with Crippen molar-refractivity contribution in [3.63, 3.8) is 0 Å². The summed E-state index contributed by atoms with van der Waals surface area (Å²) in [5.41, 5.74) is 0.959. The largest absolute Gasteiger partial charge is 0.314 e. The van der Waals surface area contributed by atoms with E-state index in [-0.39, 0.29) is 5.56 Å². The van der Waals surface area contributed by atoms with Crippen LogP contribution in [0.15, 0.2) is 23.1 Å². The lowest BCUT2D eigenvalue weighted by molar-refractivity contribution is 0.231. The number of hydrogen-bond donors (Lipinski definition) is 1. The van der Waals surface area contributed by atoms with Gasteiger partial charge in [-0.05, 0) is 13.0 Å². The molecule has 0 unspecified atom stereocenters. The summed E-state index contributed by atoms with van der Waals surface area (Å²) >= 11 is 0. The zero-order valence-electron chi connectivity index (χ0n) is 9.78. The van der Waals surface area contributed by atoms with Gasteiger partial charge in [-0.3, -0.25) is 9.69 Å². The van der Waals surface area contributed by atoms with Gasteiger partial charge in [-0.15, -0.1) is 0 Å². The molecule has 2 heterocycles. The van der Waals surface area contributed by atoms with Gasteiger partial charge in [0.15, 0.2) is 0 Å². The standard InChI is InChI=1S/C12H19N3O/c1-11-3-2-6-15(12(11)16)10-9-14-7-4-13-5-8-14/h2-3,6,13H,4-5,7-10H2,1H3. The van der Waals surface area contributed by atoms with E-state index < -0.39 is 0 Å². The van der Waals surface area contributed by atoms with E-state index in [1.165, 1.54) is 0 Å². The van der Waals surface area contributed by atoms with Gasteiger partial charge in [0.1, 0.15) is 0 Å². The third-order valence-electron chi connectivity index (χ3n) is 3.08. The Morgan fingerprint density at radius 3 is 2.81 bits per heavy atom. The Morgan fingerprint density at radius 1 is 1.31 bits per heavy atom. The fraction of sp³-hybridized carbons (Fsp3) is 0.583. The first-order chi connectivity index (χ1) is 7.77. The number of hydrogen-bond acceptors (Lipinski definition) is 3. The maximum Gasteiger partial charge on any atom is 0.253 e. The molecule has 0 atom stereocenters. The van der Waals surface area contributed by atoms with Gasteiger partial charge in [0.05, 0.1) is 0 Å². The van der Waals surface area contributed by atoms with E-state index in [0.717, 1.165) is 44.8 Å². The highest BCUT2D eigenvalue weighted by atomic mass is 16.1. The van der Waals surface area contributed by atoms with Crippen molar-refractivity contribution in [2.75, 3.05) is 32.7 Å². The lowest BCUT2D eigenvalue weighted by Crippen LogP contribution is -2.45. The molecule has 1 N–H and O–H groups in total. The molecule has 0 spiro atoms. The Labute approximate surface area is 95.9 Å². The molecule has 4 nitrogen and oxygen atoms in total. The first-order valence-corrected chi connectivity index (χ1v) is 5.86. The highest BCUT2D eigenvalue weighted by Crippen LogP contribution is 1.94. The van der Waals surface area contributed by atoms with Crippen molar-refractivity contribution in [1.82, 2.24) is 14.8 Å². The van der Waals surface area contributed by atoms with Gasteiger partial charge < -0.3 is 9.88 Å². The topological polar surface area (TPSA) is 37.3 Å². The second-order valence-corrected chi connectivity index (χ2v) is 4.28. The average molecular weight is 221 g/mol. The Balaban J connectivity index is 1.94. The van der Waals surface area contributed by atoms with Gasteiger partial charge in [-0.1, -0.05) is 6.07 Å². The molecule has 0 radical (unpaired) electrons. The van der Waals surface area contributed by atoms with E-state index in [9.17, 15) is 4.79 Å².